The highest BCUT2D eigenvalue weighted by atomic mass is 16.4. The van der Waals surface area contributed by atoms with Crippen LogP contribution >= 0.6 is 0 Å². The van der Waals surface area contributed by atoms with Gasteiger partial charge in [-0.3, -0.25) is 4.79 Å². The van der Waals surface area contributed by atoms with E-state index in [1.54, 1.807) is 0 Å². The van der Waals surface area contributed by atoms with Gasteiger partial charge in [0.2, 0.25) is 0 Å². The Hall–Kier alpha value is -1.59. The predicted molar refractivity (Wildman–Crippen MR) is 31.5 cm³/mol. The van der Waals surface area contributed by atoms with E-state index in [9.17, 15) is 4.79 Å². The van der Waals surface area contributed by atoms with Gasteiger partial charge in [0.25, 0.3) is 0 Å². The lowest BCUT2D eigenvalue weighted by Crippen LogP contribution is -2.14. The first-order chi connectivity index (χ1) is 4.70. The molecule has 0 bridgehead atoms. The van der Waals surface area contributed by atoms with Crippen molar-refractivity contribution in [3.63, 3.8) is 0 Å². The van der Waals surface area contributed by atoms with Gasteiger partial charge in [-0.2, -0.15) is 0 Å². The highest BCUT2D eigenvalue weighted by Gasteiger charge is 2.05. The number of hydrogen-bond donors (Lipinski definition) is 2. The molecule has 1 aromatic heterocycles. The summed E-state index contributed by atoms with van der Waals surface area (Å²) in [6.07, 6.45) is 1.05. The fraction of sp³-hybridized carbons (Fsp3) is 0.250. The Morgan fingerprint density at radius 1 is 1.90 bits per heavy atom. The molecule has 10 heavy (non-hydrogen) atoms. The maximum atomic E-state index is 10.1. The lowest BCUT2D eigenvalue weighted by Gasteiger charge is -1.92. The van der Waals surface area contributed by atoms with E-state index in [2.05, 4.69) is 10.2 Å². The van der Waals surface area contributed by atoms with Crippen molar-refractivity contribution in [1.82, 2.24) is 14.9 Å². The second kappa shape index (κ2) is 2.34. The summed E-state index contributed by atoms with van der Waals surface area (Å²) < 4.78 is 1.08. The Labute approximate surface area is 56.3 Å². The molecule has 6 heteroatoms. The largest absolute Gasteiger partial charge is 0.481 e. The minimum atomic E-state index is -0.972. The first kappa shape index (κ1) is 6.53. The van der Waals surface area contributed by atoms with Crippen LogP contribution in [0.1, 0.15) is 5.82 Å². The Bertz CT molecular complexity index is 243. The van der Waals surface area contributed by atoms with E-state index >= 15 is 0 Å². The molecule has 0 aliphatic rings. The van der Waals surface area contributed by atoms with Crippen LogP contribution in [-0.2, 0) is 11.2 Å². The Morgan fingerprint density at radius 3 is 3.00 bits per heavy atom. The first-order valence-electron chi connectivity index (χ1n) is 2.56. The van der Waals surface area contributed by atoms with E-state index in [1.165, 1.54) is 6.33 Å². The molecule has 0 aliphatic carbocycles. The number of carboxylic acids is 1. The number of hydrogen-bond acceptors (Lipinski definition) is 4. The third kappa shape index (κ3) is 1.22. The van der Waals surface area contributed by atoms with Gasteiger partial charge >= 0.3 is 5.97 Å². The van der Waals surface area contributed by atoms with Crippen LogP contribution in [0.2, 0.25) is 0 Å². The lowest BCUT2D eigenvalue weighted by atomic mass is 10.4. The van der Waals surface area contributed by atoms with Crippen molar-refractivity contribution in [3.05, 3.63) is 12.2 Å². The molecule has 0 saturated carbocycles. The Morgan fingerprint density at radius 2 is 2.60 bits per heavy atom. The molecule has 0 atom stereocenters. The molecule has 1 aromatic rings. The van der Waals surface area contributed by atoms with Crippen LogP contribution in [0.25, 0.3) is 0 Å². The van der Waals surface area contributed by atoms with Crippen molar-refractivity contribution < 1.29 is 9.90 Å². The number of nitrogens with two attached hydrogens (primary N) is 1. The van der Waals surface area contributed by atoms with Gasteiger partial charge in [0, 0.05) is 0 Å². The van der Waals surface area contributed by atoms with Crippen LogP contribution < -0.4 is 5.84 Å². The zero-order valence-corrected chi connectivity index (χ0v) is 5.06. The monoisotopic (exact) mass is 142 g/mol. The molecule has 0 aliphatic heterocycles. The quantitative estimate of drug-likeness (QED) is 0.496. The van der Waals surface area contributed by atoms with Gasteiger partial charge in [0.1, 0.15) is 12.7 Å². The molecule has 1 rings (SSSR count). The molecule has 54 valence electrons. The summed E-state index contributed by atoms with van der Waals surface area (Å²) >= 11 is 0. The molecule has 0 fully saturated rings. The van der Waals surface area contributed by atoms with Crippen LogP contribution in [0.3, 0.4) is 0 Å². The van der Waals surface area contributed by atoms with E-state index in [4.69, 9.17) is 10.9 Å². The number of rotatable bonds is 2. The van der Waals surface area contributed by atoms with E-state index < -0.39 is 5.97 Å². The molecular formula is C4H6N4O2. The molecule has 0 spiro atoms. The normalized spacial score (nSPS) is 9.60. The second-order valence-electron chi connectivity index (χ2n) is 1.72. The number of aliphatic carboxylic acids is 1. The molecule has 3 N–H and O–H groups in total. The predicted octanol–water partition coefficient (Wildman–Crippen LogP) is -1.38. The minimum absolute atomic E-state index is 0.198. The average Bonchev–Trinajstić information content (AvgIpc) is 2.15. The van der Waals surface area contributed by atoms with Crippen LogP contribution in [0, 0.1) is 0 Å². The maximum Gasteiger partial charge on any atom is 0.311 e. The van der Waals surface area contributed by atoms with Gasteiger partial charge in [-0.05, 0) is 0 Å². The molecular weight excluding hydrogens is 136 g/mol. The van der Waals surface area contributed by atoms with Crippen LogP contribution in [0.5, 0.6) is 0 Å². The summed E-state index contributed by atoms with van der Waals surface area (Å²) in [7, 11) is 0. The maximum absolute atomic E-state index is 10.1. The lowest BCUT2D eigenvalue weighted by molar-refractivity contribution is -0.136. The van der Waals surface area contributed by atoms with Crippen LogP contribution in [0.4, 0.5) is 0 Å². The summed E-state index contributed by atoms with van der Waals surface area (Å²) in [5.74, 6) is 4.49. The molecule has 0 amide bonds. The van der Waals surface area contributed by atoms with Gasteiger partial charge in [-0.15, -0.1) is 10.2 Å². The van der Waals surface area contributed by atoms with E-state index in [0.717, 1.165) is 4.68 Å². The average molecular weight is 142 g/mol. The second-order valence-corrected chi connectivity index (χ2v) is 1.72. The molecule has 0 radical (unpaired) electrons. The highest BCUT2D eigenvalue weighted by Crippen LogP contribution is 1.89. The molecule has 0 unspecified atom stereocenters. The van der Waals surface area contributed by atoms with Gasteiger partial charge in [0.15, 0.2) is 5.82 Å². The summed E-state index contributed by atoms with van der Waals surface area (Å²) in [6.45, 7) is 0. The molecule has 0 saturated heterocycles. The molecule has 6 nitrogen and oxygen atoms in total. The van der Waals surface area contributed by atoms with Crippen molar-refractivity contribution in [3.8, 4) is 0 Å². The topological polar surface area (TPSA) is 94.0 Å². The fourth-order valence-corrected chi connectivity index (χ4v) is 0.528. The van der Waals surface area contributed by atoms with Crippen molar-refractivity contribution in [2.45, 2.75) is 6.42 Å². The van der Waals surface area contributed by atoms with Gasteiger partial charge in [-0.25, -0.2) is 4.68 Å². The van der Waals surface area contributed by atoms with Crippen molar-refractivity contribution in [2.24, 2.45) is 0 Å². The smallest absolute Gasteiger partial charge is 0.311 e. The zero-order chi connectivity index (χ0) is 7.56. The first-order valence-corrected chi connectivity index (χ1v) is 2.56. The summed E-state index contributed by atoms with van der Waals surface area (Å²) in [5.41, 5.74) is 0. The minimum Gasteiger partial charge on any atom is -0.481 e. The van der Waals surface area contributed by atoms with Gasteiger partial charge in [0.05, 0.1) is 0 Å². The summed E-state index contributed by atoms with van der Waals surface area (Å²) in [4.78, 5) is 10.1. The molecule has 1 heterocycles. The third-order valence-corrected chi connectivity index (χ3v) is 0.957. The number of carbonyl (C=O) groups is 1. The number of aromatic nitrogens is 3. The standard InChI is InChI=1S/C4H6N4O2/c5-8-2-6-7-3(8)1-4(9)10/h2H,1,5H2,(H,9,10). The number of nitrogen functional groups attached to an aromatic ring is 1. The van der Waals surface area contributed by atoms with Crippen molar-refractivity contribution >= 4 is 5.97 Å². The SMILES string of the molecule is Nn1cnnc1CC(=O)O. The fourth-order valence-electron chi connectivity index (χ4n) is 0.528. The van der Waals surface area contributed by atoms with Gasteiger partial charge < -0.3 is 10.9 Å². The van der Waals surface area contributed by atoms with E-state index in [1.807, 2.05) is 0 Å². The Kier molecular flexibility index (Phi) is 1.53. The van der Waals surface area contributed by atoms with E-state index in [-0.39, 0.29) is 12.2 Å². The van der Waals surface area contributed by atoms with Crippen LogP contribution in [-0.4, -0.2) is 25.9 Å². The third-order valence-electron chi connectivity index (χ3n) is 0.957. The molecule has 0 aromatic carbocycles. The van der Waals surface area contributed by atoms with Crippen LogP contribution in [0.15, 0.2) is 6.33 Å². The summed E-state index contributed by atoms with van der Waals surface area (Å²) in [6, 6.07) is 0. The Balaban J connectivity index is 2.74. The number of nitrogens with zero attached hydrogens (tertiary/aromatic N) is 3. The van der Waals surface area contributed by atoms with E-state index in [0.29, 0.717) is 0 Å². The summed E-state index contributed by atoms with van der Waals surface area (Å²) in [5, 5.41) is 15.1. The van der Waals surface area contributed by atoms with Gasteiger partial charge in [-0.1, -0.05) is 0 Å². The number of carboxylic acid groups (broad SMARTS) is 1. The highest BCUT2D eigenvalue weighted by molar-refractivity contribution is 5.68. The van der Waals surface area contributed by atoms with Crippen molar-refractivity contribution in [2.75, 3.05) is 5.84 Å². The van der Waals surface area contributed by atoms with Crippen molar-refractivity contribution in [1.29, 1.82) is 0 Å². The zero-order valence-electron chi connectivity index (χ0n) is 5.06.